The maximum Gasteiger partial charge on any atom is 0.271 e. The smallest absolute Gasteiger partial charge is 0.271 e. The first-order chi connectivity index (χ1) is 17.9. The summed E-state index contributed by atoms with van der Waals surface area (Å²) in [5.41, 5.74) is 8.77. The summed E-state index contributed by atoms with van der Waals surface area (Å²) in [7, 11) is 3.53. The predicted octanol–water partition coefficient (Wildman–Crippen LogP) is 0.861. The molecule has 0 aliphatic carbocycles. The number of H-pyrrole nitrogens is 1. The molecule has 2 aromatic rings. The van der Waals surface area contributed by atoms with Crippen molar-refractivity contribution in [2.45, 2.75) is 6.92 Å². The highest BCUT2D eigenvalue weighted by atomic mass is 16.2. The number of carbonyl (C=O) groups excluding carboxylic acids is 3. The lowest BCUT2D eigenvalue weighted by Crippen LogP contribution is -2.30. The summed E-state index contributed by atoms with van der Waals surface area (Å²) in [6.45, 7) is 4.30. The number of allylic oxidation sites excluding steroid dienone is 1. The van der Waals surface area contributed by atoms with Crippen molar-refractivity contribution in [3.63, 3.8) is 0 Å². The van der Waals surface area contributed by atoms with Crippen LogP contribution in [0.1, 0.15) is 17.4 Å². The number of hydrogen-bond acceptors (Lipinski definition) is 6. The Hall–Kier alpha value is -4.38. The Morgan fingerprint density at radius 2 is 2.00 bits per heavy atom. The largest absolute Gasteiger partial charge is 0.390 e. The van der Waals surface area contributed by atoms with E-state index in [-0.39, 0.29) is 17.7 Å². The molecule has 1 aliphatic heterocycles. The Labute approximate surface area is 215 Å². The lowest BCUT2D eigenvalue weighted by atomic mass is 10.1. The maximum atomic E-state index is 12.8. The lowest BCUT2D eigenvalue weighted by Gasteiger charge is -2.16. The number of hydrogen-bond donors (Lipinski definition) is 6. The summed E-state index contributed by atoms with van der Waals surface area (Å²) in [4.78, 5) is 46.4. The highest BCUT2D eigenvalue weighted by Crippen LogP contribution is 2.21. The molecular weight excluding hydrogens is 472 g/mol. The van der Waals surface area contributed by atoms with Gasteiger partial charge in [-0.3, -0.25) is 19.4 Å². The van der Waals surface area contributed by atoms with E-state index in [4.69, 9.17) is 5.73 Å². The van der Waals surface area contributed by atoms with Crippen LogP contribution in [0.15, 0.2) is 64.3 Å². The average Bonchev–Trinajstić information content (AvgIpc) is 3.54. The second-order valence-electron chi connectivity index (χ2n) is 8.46. The second kappa shape index (κ2) is 13.1. The summed E-state index contributed by atoms with van der Waals surface area (Å²) >= 11 is 0. The number of benzene rings is 1. The molecule has 0 atom stereocenters. The van der Waals surface area contributed by atoms with Gasteiger partial charge in [-0.2, -0.15) is 0 Å². The van der Waals surface area contributed by atoms with Gasteiger partial charge < -0.3 is 36.9 Å². The number of aliphatic imine (C=N–C) groups is 1. The SMILES string of the molecule is C/C=C(\C=C1\C=C(C(=O)Nc2ccc3cc(C(=O)NCCNC)[nH]c3c2)NC1)C(=O)N(C)CCN=CN. The molecule has 0 saturated carbocycles. The Kier molecular flexibility index (Phi) is 9.61. The van der Waals surface area contributed by atoms with Crippen molar-refractivity contribution in [2.75, 3.05) is 52.1 Å². The first-order valence-electron chi connectivity index (χ1n) is 12.0. The zero-order valence-corrected chi connectivity index (χ0v) is 21.4. The molecule has 196 valence electrons. The number of amides is 3. The van der Waals surface area contributed by atoms with Gasteiger partial charge in [0.1, 0.15) is 11.4 Å². The number of nitrogens with two attached hydrogens (primary N) is 1. The monoisotopic (exact) mass is 506 g/mol. The van der Waals surface area contributed by atoms with Crippen LogP contribution in [0.3, 0.4) is 0 Å². The minimum Gasteiger partial charge on any atom is -0.390 e. The van der Waals surface area contributed by atoms with E-state index < -0.39 is 0 Å². The molecule has 2 heterocycles. The van der Waals surface area contributed by atoms with Gasteiger partial charge in [0.2, 0.25) is 0 Å². The molecule has 3 rings (SSSR count). The fourth-order valence-electron chi connectivity index (χ4n) is 3.72. The van der Waals surface area contributed by atoms with Gasteiger partial charge in [-0.15, -0.1) is 0 Å². The van der Waals surface area contributed by atoms with E-state index in [1.165, 1.54) is 6.34 Å². The van der Waals surface area contributed by atoms with Crippen molar-refractivity contribution in [1.29, 1.82) is 0 Å². The summed E-state index contributed by atoms with van der Waals surface area (Å²) < 4.78 is 0. The van der Waals surface area contributed by atoms with E-state index in [0.717, 1.165) is 16.5 Å². The zero-order chi connectivity index (χ0) is 26.8. The van der Waals surface area contributed by atoms with Gasteiger partial charge >= 0.3 is 0 Å². The van der Waals surface area contributed by atoms with E-state index in [9.17, 15) is 14.4 Å². The van der Waals surface area contributed by atoms with Crippen LogP contribution in [0.4, 0.5) is 5.69 Å². The zero-order valence-electron chi connectivity index (χ0n) is 21.4. The van der Waals surface area contributed by atoms with E-state index in [2.05, 4.69) is 31.2 Å². The van der Waals surface area contributed by atoms with Crippen LogP contribution < -0.4 is 27.0 Å². The molecule has 0 fully saturated rings. The van der Waals surface area contributed by atoms with Gasteiger partial charge in [-0.05, 0) is 49.9 Å². The van der Waals surface area contributed by atoms with Crippen LogP contribution in [-0.4, -0.2) is 80.8 Å². The fraction of sp³-hybridized carbons (Fsp3) is 0.308. The van der Waals surface area contributed by atoms with Crippen molar-refractivity contribution < 1.29 is 14.4 Å². The Morgan fingerprint density at radius 1 is 1.19 bits per heavy atom. The quantitative estimate of drug-likeness (QED) is 0.115. The van der Waals surface area contributed by atoms with Crippen molar-refractivity contribution in [3.8, 4) is 0 Å². The van der Waals surface area contributed by atoms with E-state index in [0.29, 0.717) is 55.4 Å². The van der Waals surface area contributed by atoms with Crippen LogP contribution in [0.5, 0.6) is 0 Å². The molecule has 1 aromatic carbocycles. The topological polar surface area (TPSA) is 157 Å². The second-order valence-corrected chi connectivity index (χ2v) is 8.46. The Balaban J connectivity index is 1.65. The molecule has 7 N–H and O–H groups in total. The normalized spacial score (nSPS) is 14.6. The Bertz CT molecular complexity index is 1270. The third-order valence-electron chi connectivity index (χ3n) is 5.76. The maximum absolute atomic E-state index is 12.8. The number of likely N-dealkylation sites (N-methyl/N-ethyl adjacent to an activating group) is 2. The van der Waals surface area contributed by atoms with Crippen LogP contribution in [0.25, 0.3) is 10.9 Å². The molecule has 0 saturated heterocycles. The van der Waals surface area contributed by atoms with E-state index in [1.807, 2.05) is 13.1 Å². The number of fused-ring (bicyclic) bond motifs is 1. The molecule has 0 spiro atoms. The van der Waals surface area contributed by atoms with Crippen LogP contribution in [0.2, 0.25) is 0 Å². The first-order valence-corrected chi connectivity index (χ1v) is 12.0. The molecular formula is C26H34N8O3. The predicted molar refractivity (Wildman–Crippen MR) is 146 cm³/mol. The van der Waals surface area contributed by atoms with Crippen molar-refractivity contribution in [2.24, 2.45) is 10.7 Å². The number of carbonyl (C=O) groups is 3. The third kappa shape index (κ3) is 7.31. The van der Waals surface area contributed by atoms with Crippen molar-refractivity contribution >= 4 is 40.7 Å². The van der Waals surface area contributed by atoms with Crippen molar-refractivity contribution in [1.82, 2.24) is 25.8 Å². The molecule has 11 nitrogen and oxygen atoms in total. The molecule has 0 bridgehead atoms. The fourth-order valence-corrected chi connectivity index (χ4v) is 3.72. The van der Waals surface area contributed by atoms with Crippen LogP contribution in [0, 0.1) is 0 Å². The van der Waals surface area contributed by atoms with Gasteiger partial charge in [0.15, 0.2) is 0 Å². The highest BCUT2D eigenvalue weighted by Gasteiger charge is 2.19. The summed E-state index contributed by atoms with van der Waals surface area (Å²) in [5, 5.41) is 12.6. The van der Waals surface area contributed by atoms with Gasteiger partial charge in [0.25, 0.3) is 17.7 Å². The number of aromatic amines is 1. The summed E-state index contributed by atoms with van der Waals surface area (Å²) in [6.07, 6.45) is 6.46. The molecule has 0 radical (unpaired) electrons. The standard InChI is InChI=1S/C26H34N8O3/c1-4-18(26(37)34(3)10-9-29-16-27)11-17-12-22(31-15-17)25(36)32-20-6-5-19-13-23(33-21(19)14-20)24(35)30-8-7-28-2/h4-6,11-14,16,28,31,33H,7-10,15H2,1-3H3,(H2,27,29)(H,30,35)(H,32,36)/b17-11-,18-4+. The van der Waals surface area contributed by atoms with E-state index >= 15 is 0 Å². The number of aromatic nitrogens is 1. The van der Waals surface area contributed by atoms with Crippen LogP contribution in [-0.2, 0) is 9.59 Å². The lowest BCUT2D eigenvalue weighted by molar-refractivity contribution is -0.125. The summed E-state index contributed by atoms with van der Waals surface area (Å²) in [5.74, 6) is -0.627. The first kappa shape index (κ1) is 27.2. The molecule has 37 heavy (non-hydrogen) atoms. The number of nitrogens with zero attached hydrogens (tertiary/aromatic N) is 2. The van der Waals surface area contributed by atoms with Gasteiger partial charge in [0.05, 0.1) is 12.9 Å². The van der Waals surface area contributed by atoms with Gasteiger partial charge in [-0.25, -0.2) is 0 Å². The van der Waals surface area contributed by atoms with Gasteiger partial charge in [-0.1, -0.05) is 12.1 Å². The molecule has 0 unspecified atom stereocenters. The van der Waals surface area contributed by atoms with Crippen LogP contribution >= 0.6 is 0 Å². The van der Waals surface area contributed by atoms with E-state index in [1.54, 1.807) is 55.3 Å². The van der Waals surface area contributed by atoms with Crippen molar-refractivity contribution in [3.05, 3.63) is 65.0 Å². The summed E-state index contributed by atoms with van der Waals surface area (Å²) in [6, 6.07) is 7.18. The van der Waals surface area contributed by atoms with Gasteiger partial charge in [0, 0.05) is 55.4 Å². The molecule has 3 amide bonds. The minimum atomic E-state index is -0.301. The molecule has 1 aliphatic rings. The number of nitrogens with one attached hydrogen (secondary N) is 5. The number of rotatable bonds is 11. The Morgan fingerprint density at radius 3 is 2.73 bits per heavy atom. The molecule has 1 aromatic heterocycles. The molecule has 11 heteroatoms. The highest BCUT2D eigenvalue weighted by molar-refractivity contribution is 6.06. The minimum absolute atomic E-state index is 0.136. The average molecular weight is 507 g/mol. The number of anilines is 1. The third-order valence-corrected chi connectivity index (χ3v) is 5.76.